The average Bonchev–Trinajstić information content (AvgIpc) is 3.24. The predicted molar refractivity (Wildman–Crippen MR) is 244 cm³/mol. The van der Waals surface area contributed by atoms with Crippen LogP contribution in [0, 0.1) is 0 Å². The monoisotopic (exact) mass is 879 g/mol. The molecule has 1 fully saturated rings. The first-order valence-electron chi connectivity index (χ1n) is 22.6. The Hall–Kier alpha value is -2.74. The number of rotatable bonds is 36. The number of carbonyl (C=O) groups excluding carboxylic acids is 1. The van der Waals surface area contributed by atoms with Crippen LogP contribution < -0.4 is 0 Å². The number of aliphatic hydroxyl groups excluding tert-OH is 5. The number of phosphoric acid groups is 1. The predicted octanol–water partition coefficient (Wildman–Crippen LogP) is 9.14. The van der Waals surface area contributed by atoms with Gasteiger partial charge in [-0.2, -0.15) is 0 Å². The van der Waals surface area contributed by atoms with Crippen LogP contribution in [0.4, 0.5) is 0 Å². The molecule has 348 valence electrons. The molecule has 0 radical (unpaired) electrons. The summed E-state index contributed by atoms with van der Waals surface area (Å²) >= 11 is 0. The third-order valence-electron chi connectivity index (χ3n) is 9.70. The summed E-state index contributed by atoms with van der Waals surface area (Å²) in [6, 6.07) is 0. The maximum Gasteiger partial charge on any atom is 0.472 e. The van der Waals surface area contributed by atoms with E-state index in [1.165, 1.54) is 12.8 Å². The van der Waals surface area contributed by atoms with Crippen molar-refractivity contribution in [2.24, 2.45) is 0 Å². The summed E-state index contributed by atoms with van der Waals surface area (Å²) in [5.41, 5.74) is 0. The second-order valence-electron chi connectivity index (χ2n) is 15.2. The van der Waals surface area contributed by atoms with Crippen molar-refractivity contribution in [3.05, 3.63) is 97.2 Å². The Morgan fingerprint density at radius 2 is 0.967 bits per heavy atom. The highest BCUT2D eigenvalue weighted by Crippen LogP contribution is 2.47. The largest absolute Gasteiger partial charge is 0.472 e. The van der Waals surface area contributed by atoms with Gasteiger partial charge in [0.05, 0.1) is 13.2 Å². The quantitative estimate of drug-likeness (QED) is 0.0152. The molecule has 1 rings (SSSR count). The number of phosphoric ester groups is 1. The normalized spacial score (nSPS) is 23.1. The molecule has 0 aliphatic heterocycles. The zero-order chi connectivity index (χ0) is 44.8. The van der Waals surface area contributed by atoms with E-state index in [1.54, 1.807) is 0 Å². The molecule has 0 heterocycles. The lowest BCUT2D eigenvalue weighted by Gasteiger charge is -2.41. The number of hydrogen-bond donors (Lipinski definition) is 6. The third kappa shape index (κ3) is 30.1. The summed E-state index contributed by atoms with van der Waals surface area (Å²) in [6.45, 7) is 3.97. The van der Waals surface area contributed by atoms with Crippen LogP contribution in [0.2, 0.25) is 0 Å². The molecule has 1 saturated carbocycles. The minimum absolute atomic E-state index is 0.0520. The number of carbonyl (C=O) groups is 1. The Balaban J connectivity index is 2.49. The van der Waals surface area contributed by atoms with Crippen LogP contribution in [0.25, 0.3) is 0 Å². The third-order valence-corrected chi connectivity index (χ3v) is 10.7. The number of ether oxygens (including phenoxy) is 2. The Labute approximate surface area is 366 Å². The van der Waals surface area contributed by atoms with Gasteiger partial charge in [-0.3, -0.25) is 13.8 Å². The molecule has 0 bridgehead atoms. The van der Waals surface area contributed by atoms with Crippen LogP contribution in [0.5, 0.6) is 0 Å². The topological polar surface area (TPSA) is 192 Å². The van der Waals surface area contributed by atoms with Crippen molar-refractivity contribution in [3.8, 4) is 0 Å². The Morgan fingerprint density at radius 1 is 0.541 bits per heavy atom. The molecule has 0 saturated heterocycles. The van der Waals surface area contributed by atoms with Crippen LogP contribution >= 0.6 is 7.82 Å². The van der Waals surface area contributed by atoms with E-state index in [0.717, 1.165) is 89.9 Å². The van der Waals surface area contributed by atoms with Gasteiger partial charge in [0.25, 0.3) is 0 Å². The summed E-state index contributed by atoms with van der Waals surface area (Å²) in [7, 11) is -5.05. The Bertz CT molecular complexity index is 1370. The van der Waals surface area contributed by atoms with E-state index in [0.29, 0.717) is 19.4 Å². The van der Waals surface area contributed by atoms with Crippen molar-refractivity contribution in [1.29, 1.82) is 0 Å². The van der Waals surface area contributed by atoms with Gasteiger partial charge in [0.15, 0.2) is 0 Å². The highest BCUT2D eigenvalue weighted by Gasteiger charge is 2.51. The summed E-state index contributed by atoms with van der Waals surface area (Å²) in [6.07, 6.45) is 39.1. The van der Waals surface area contributed by atoms with Crippen LogP contribution in [-0.4, -0.2) is 98.9 Å². The minimum Gasteiger partial charge on any atom is -0.457 e. The fourth-order valence-electron chi connectivity index (χ4n) is 6.10. The lowest BCUT2D eigenvalue weighted by molar-refractivity contribution is -0.220. The second-order valence-corrected chi connectivity index (χ2v) is 16.6. The molecular formula is C48H79O12P. The molecule has 6 N–H and O–H groups in total. The van der Waals surface area contributed by atoms with Crippen molar-refractivity contribution in [2.75, 3.05) is 19.8 Å². The highest BCUT2D eigenvalue weighted by atomic mass is 31.2. The van der Waals surface area contributed by atoms with E-state index in [9.17, 15) is 39.8 Å². The van der Waals surface area contributed by atoms with Gasteiger partial charge in [-0.1, -0.05) is 150 Å². The van der Waals surface area contributed by atoms with Gasteiger partial charge < -0.3 is 39.9 Å². The van der Waals surface area contributed by atoms with Crippen molar-refractivity contribution in [1.82, 2.24) is 0 Å². The van der Waals surface area contributed by atoms with Gasteiger partial charge in [-0.25, -0.2) is 4.57 Å². The number of hydrogen-bond acceptors (Lipinski definition) is 11. The zero-order valence-corrected chi connectivity index (χ0v) is 37.8. The number of aliphatic hydroxyl groups is 5. The molecule has 12 nitrogen and oxygen atoms in total. The fourth-order valence-corrected chi connectivity index (χ4v) is 7.07. The van der Waals surface area contributed by atoms with E-state index in [2.05, 4.69) is 98.9 Å². The maximum atomic E-state index is 12.8. The second kappa shape index (κ2) is 37.8. The number of unbranched alkanes of at least 4 members (excludes halogenated alkanes) is 8. The smallest absolute Gasteiger partial charge is 0.457 e. The molecule has 6 unspecified atom stereocenters. The molecule has 0 aromatic carbocycles. The van der Waals surface area contributed by atoms with Crippen molar-refractivity contribution in [2.45, 2.75) is 179 Å². The molecule has 1 aliphatic rings. The first-order chi connectivity index (χ1) is 29.5. The van der Waals surface area contributed by atoms with E-state index in [1.807, 2.05) is 12.2 Å². The maximum absolute atomic E-state index is 12.8. The Morgan fingerprint density at radius 3 is 1.48 bits per heavy atom. The van der Waals surface area contributed by atoms with Gasteiger partial charge >= 0.3 is 13.8 Å². The van der Waals surface area contributed by atoms with E-state index in [-0.39, 0.29) is 13.0 Å². The van der Waals surface area contributed by atoms with E-state index >= 15 is 0 Å². The molecule has 0 amide bonds. The molecule has 6 atom stereocenters. The average molecular weight is 879 g/mol. The van der Waals surface area contributed by atoms with Gasteiger partial charge in [0.1, 0.15) is 42.7 Å². The molecule has 61 heavy (non-hydrogen) atoms. The van der Waals surface area contributed by atoms with Crippen LogP contribution in [0.15, 0.2) is 97.2 Å². The van der Waals surface area contributed by atoms with Gasteiger partial charge in [0, 0.05) is 13.0 Å². The fraction of sp³-hybridized carbons (Fsp3) is 0.646. The summed E-state index contributed by atoms with van der Waals surface area (Å²) in [5, 5.41) is 50.1. The minimum atomic E-state index is -5.05. The van der Waals surface area contributed by atoms with E-state index < -0.39 is 63.1 Å². The molecule has 0 aromatic heterocycles. The molecule has 1 aliphatic carbocycles. The zero-order valence-electron chi connectivity index (χ0n) is 36.9. The summed E-state index contributed by atoms with van der Waals surface area (Å²) < 4.78 is 34.0. The highest BCUT2D eigenvalue weighted by molar-refractivity contribution is 7.47. The van der Waals surface area contributed by atoms with Crippen LogP contribution in [-0.2, 0) is 27.9 Å². The summed E-state index contributed by atoms with van der Waals surface area (Å²) in [5.74, 6) is -0.568. The van der Waals surface area contributed by atoms with Crippen molar-refractivity contribution < 1.29 is 58.3 Å². The molecular weight excluding hydrogens is 799 g/mol. The standard InChI is InChI=1S/C48H79O12P/c1-3-5-7-9-11-13-15-17-19-20-21-22-23-25-27-29-31-33-35-37-42(49)59-41(40-58-61(55,56)60-48-46(53)44(51)43(50)45(52)47(48)54)39-57-38-36-34-32-30-28-26-24-18-16-14-12-10-8-6-4-2/h5,7,10-13,16-19,21-22,25,27,31,33,41,43-48,50-54H,3-4,6,8-9,14-15,20,23-24,26,28-30,32,34-40H2,1-2H3,(H,55,56)/b7-5-,12-10-,13-11-,18-16-,19-17-,22-21-,27-25-,33-31-. The lowest BCUT2D eigenvalue weighted by Crippen LogP contribution is -2.64. The van der Waals surface area contributed by atoms with Crippen molar-refractivity contribution >= 4 is 13.8 Å². The summed E-state index contributed by atoms with van der Waals surface area (Å²) in [4.78, 5) is 23.1. The van der Waals surface area contributed by atoms with Crippen LogP contribution in [0.1, 0.15) is 136 Å². The lowest BCUT2D eigenvalue weighted by atomic mass is 9.85. The van der Waals surface area contributed by atoms with Gasteiger partial charge in [-0.05, 0) is 77.0 Å². The Kier molecular flexibility index (Phi) is 34.9. The van der Waals surface area contributed by atoms with Gasteiger partial charge in [0.2, 0.25) is 0 Å². The van der Waals surface area contributed by atoms with Gasteiger partial charge in [-0.15, -0.1) is 0 Å². The van der Waals surface area contributed by atoms with Crippen molar-refractivity contribution in [3.63, 3.8) is 0 Å². The number of esters is 1. The molecule has 13 heteroatoms. The first-order valence-corrected chi connectivity index (χ1v) is 24.1. The number of allylic oxidation sites excluding steroid dienone is 16. The molecule has 0 spiro atoms. The first kappa shape index (κ1) is 56.3. The van der Waals surface area contributed by atoms with E-state index in [4.69, 9.17) is 18.5 Å². The SMILES string of the molecule is CC/C=C\C/C=C\C/C=C\C/C=C\C/C=C\C/C=C\CCC(=O)OC(COCCCCCCCC/C=C\C/C=C\CCCC)COP(=O)(O)OC1C(O)C(O)C(O)C(O)C1O. The molecule has 0 aromatic rings. The van der Waals surface area contributed by atoms with Crippen LogP contribution in [0.3, 0.4) is 0 Å².